The number of carbonyl (C=O) groups excluding carboxylic acids is 1. The first kappa shape index (κ1) is 16.3. The first-order valence-corrected chi connectivity index (χ1v) is 9.67. The van der Waals surface area contributed by atoms with E-state index < -0.39 is 11.5 Å². The molecule has 3 aliphatic heterocycles. The van der Waals surface area contributed by atoms with Gasteiger partial charge < -0.3 is 14.8 Å². The van der Waals surface area contributed by atoms with Crippen molar-refractivity contribution in [2.75, 3.05) is 20.2 Å². The Morgan fingerprint density at radius 2 is 2.23 bits per heavy atom. The highest BCUT2D eigenvalue weighted by molar-refractivity contribution is 5.91. The average molecular weight is 354 g/mol. The van der Waals surface area contributed by atoms with Gasteiger partial charge in [-0.3, -0.25) is 9.69 Å². The molecule has 3 fully saturated rings. The first-order valence-electron chi connectivity index (χ1n) is 9.67. The number of nitrogens with zero attached hydrogens (tertiary/aromatic N) is 1. The normalized spacial score (nSPS) is 36.4. The molecule has 6 atom stereocenters. The molecule has 5 heteroatoms. The lowest BCUT2D eigenvalue weighted by atomic mass is 9.56. The SMILES string of the molecule is COC(=O)[C@]12C[C@@H]3C[C@@H]([C@H](C)O)[C@H]1N(CCc1c2[nH]c2ccccc12)C3. The quantitative estimate of drug-likeness (QED) is 0.812. The van der Waals surface area contributed by atoms with Crippen molar-refractivity contribution in [2.45, 2.75) is 43.7 Å². The van der Waals surface area contributed by atoms with Gasteiger partial charge in [0.05, 0.1) is 13.2 Å². The van der Waals surface area contributed by atoms with Crippen molar-refractivity contribution in [1.29, 1.82) is 0 Å². The van der Waals surface area contributed by atoms with Gasteiger partial charge in [-0.2, -0.15) is 0 Å². The molecule has 2 aromatic rings. The van der Waals surface area contributed by atoms with Crippen molar-refractivity contribution in [3.63, 3.8) is 0 Å². The average Bonchev–Trinajstić information content (AvgIpc) is 3.00. The third kappa shape index (κ3) is 1.96. The second-order valence-electron chi connectivity index (χ2n) is 8.39. The van der Waals surface area contributed by atoms with Gasteiger partial charge in [0.2, 0.25) is 0 Å². The summed E-state index contributed by atoms with van der Waals surface area (Å²) in [6.07, 6.45) is 2.30. The van der Waals surface area contributed by atoms with Crippen LogP contribution in [0.1, 0.15) is 31.0 Å². The molecular formula is C21H26N2O3. The monoisotopic (exact) mass is 354 g/mol. The molecule has 0 amide bonds. The Hall–Kier alpha value is -1.85. The summed E-state index contributed by atoms with van der Waals surface area (Å²) in [5.74, 6) is 0.354. The van der Waals surface area contributed by atoms with E-state index in [-0.39, 0.29) is 17.9 Å². The molecule has 0 radical (unpaired) electrons. The highest BCUT2D eigenvalue weighted by Crippen LogP contribution is 2.55. The van der Waals surface area contributed by atoms with Crippen molar-refractivity contribution in [1.82, 2.24) is 9.88 Å². The number of aliphatic hydroxyl groups excluding tert-OH is 1. The lowest BCUT2D eigenvalue weighted by molar-refractivity contribution is -0.166. The second kappa shape index (κ2) is 5.57. The Labute approximate surface area is 153 Å². The zero-order valence-corrected chi connectivity index (χ0v) is 15.4. The number of aromatic amines is 1. The number of aromatic nitrogens is 1. The summed E-state index contributed by atoms with van der Waals surface area (Å²) in [5.41, 5.74) is 2.67. The summed E-state index contributed by atoms with van der Waals surface area (Å²) in [5, 5.41) is 11.7. The van der Waals surface area contributed by atoms with Gasteiger partial charge >= 0.3 is 5.97 Å². The maximum atomic E-state index is 13.3. The predicted molar refractivity (Wildman–Crippen MR) is 99.0 cm³/mol. The van der Waals surface area contributed by atoms with Gasteiger partial charge in [-0.1, -0.05) is 18.2 Å². The molecule has 1 aromatic carbocycles. The fourth-order valence-corrected chi connectivity index (χ4v) is 6.23. The lowest BCUT2D eigenvalue weighted by Crippen LogP contribution is -2.68. The number of esters is 1. The fourth-order valence-electron chi connectivity index (χ4n) is 6.23. The number of benzene rings is 1. The van der Waals surface area contributed by atoms with Crippen molar-refractivity contribution >= 4 is 16.9 Å². The second-order valence-corrected chi connectivity index (χ2v) is 8.39. The Morgan fingerprint density at radius 1 is 1.42 bits per heavy atom. The number of aliphatic hydroxyl groups is 1. The van der Waals surface area contributed by atoms with E-state index in [1.54, 1.807) is 0 Å². The van der Waals surface area contributed by atoms with Gasteiger partial charge in [0, 0.05) is 41.6 Å². The molecule has 4 aliphatic rings. The predicted octanol–water partition coefficient (Wildman–Crippen LogP) is 2.23. The Kier molecular flexibility index (Phi) is 3.50. The molecule has 138 valence electrons. The van der Waals surface area contributed by atoms with Gasteiger partial charge in [0.25, 0.3) is 0 Å². The number of hydrogen-bond acceptors (Lipinski definition) is 4. The van der Waals surface area contributed by atoms with E-state index in [0.29, 0.717) is 5.92 Å². The maximum absolute atomic E-state index is 13.3. The number of fused-ring (bicyclic) bond motifs is 4. The summed E-state index contributed by atoms with van der Waals surface area (Å²) >= 11 is 0. The number of rotatable bonds is 2. The summed E-state index contributed by atoms with van der Waals surface area (Å²) in [6.45, 7) is 3.82. The molecule has 1 saturated carbocycles. The molecule has 6 rings (SSSR count). The number of para-hydroxylation sites is 1. The molecule has 1 unspecified atom stereocenters. The van der Waals surface area contributed by atoms with Crippen LogP contribution in [0.25, 0.3) is 10.9 Å². The number of H-pyrrole nitrogens is 1. The van der Waals surface area contributed by atoms with E-state index in [4.69, 9.17) is 4.74 Å². The number of methoxy groups -OCH3 is 1. The van der Waals surface area contributed by atoms with Crippen molar-refractivity contribution < 1.29 is 14.6 Å². The largest absolute Gasteiger partial charge is 0.468 e. The van der Waals surface area contributed by atoms with Crippen LogP contribution in [-0.4, -0.2) is 53.3 Å². The van der Waals surface area contributed by atoms with E-state index in [0.717, 1.165) is 43.6 Å². The van der Waals surface area contributed by atoms with Crippen molar-refractivity contribution in [3.05, 3.63) is 35.5 Å². The van der Waals surface area contributed by atoms with Crippen LogP contribution in [0.3, 0.4) is 0 Å². The van der Waals surface area contributed by atoms with Gasteiger partial charge in [0.1, 0.15) is 5.41 Å². The molecule has 5 nitrogen and oxygen atoms in total. The van der Waals surface area contributed by atoms with Gasteiger partial charge in [0.15, 0.2) is 0 Å². The van der Waals surface area contributed by atoms with E-state index in [1.807, 2.05) is 13.0 Å². The van der Waals surface area contributed by atoms with Gasteiger partial charge in [-0.05, 0) is 43.7 Å². The van der Waals surface area contributed by atoms with Crippen LogP contribution in [0, 0.1) is 11.8 Å². The minimum Gasteiger partial charge on any atom is -0.468 e. The van der Waals surface area contributed by atoms with Crippen LogP contribution < -0.4 is 0 Å². The summed E-state index contributed by atoms with van der Waals surface area (Å²) in [7, 11) is 1.49. The molecule has 2 saturated heterocycles. The molecule has 2 N–H and O–H groups in total. The van der Waals surface area contributed by atoms with Crippen LogP contribution >= 0.6 is 0 Å². The molecule has 4 bridgehead atoms. The van der Waals surface area contributed by atoms with E-state index in [2.05, 4.69) is 28.1 Å². The van der Waals surface area contributed by atoms with E-state index in [1.165, 1.54) is 18.1 Å². The van der Waals surface area contributed by atoms with E-state index >= 15 is 0 Å². The minimum atomic E-state index is -0.706. The number of hydrogen-bond donors (Lipinski definition) is 2. The van der Waals surface area contributed by atoms with Crippen LogP contribution in [0.4, 0.5) is 0 Å². The standard InChI is InChI=1S/C21H26N2O3/c1-12(24)16-9-13-10-21(20(25)26-2)18-15(7-8-23(11-13)19(16)21)14-5-3-4-6-17(14)22-18/h3-6,12-13,16,19,22,24H,7-11H2,1-2H3/t12-,13-,16-,19+,21-/m0/s1. The third-order valence-electron chi connectivity index (χ3n) is 7.09. The Bertz CT molecular complexity index is 873. The van der Waals surface area contributed by atoms with Gasteiger partial charge in [-0.15, -0.1) is 0 Å². The maximum Gasteiger partial charge on any atom is 0.319 e. The highest BCUT2D eigenvalue weighted by Gasteiger charge is 2.63. The molecule has 1 aromatic heterocycles. The molecule has 1 aliphatic carbocycles. The topological polar surface area (TPSA) is 65.6 Å². The van der Waals surface area contributed by atoms with Crippen LogP contribution in [-0.2, 0) is 21.4 Å². The zero-order chi connectivity index (χ0) is 18.1. The number of piperidine rings is 2. The number of carbonyl (C=O) groups is 1. The molecule has 26 heavy (non-hydrogen) atoms. The zero-order valence-electron chi connectivity index (χ0n) is 15.4. The number of ether oxygens (including phenoxy) is 1. The molecule has 4 heterocycles. The summed E-state index contributed by atoms with van der Waals surface area (Å²) in [6, 6.07) is 8.31. The molecule has 0 spiro atoms. The fraction of sp³-hybridized carbons (Fsp3) is 0.571. The van der Waals surface area contributed by atoms with Gasteiger partial charge in [-0.25, -0.2) is 0 Å². The highest BCUT2D eigenvalue weighted by atomic mass is 16.5. The molecular weight excluding hydrogens is 328 g/mol. The summed E-state index contributed by atoms with van der Waals surface area (Å²) in [4.78, 5) is 19.4. The smallest absolute Gasteiger partial charge is 0.319 e. The van der Waals surface area contributed by atoms with E-state index in [9.17, 15) is 9.90 Å². The van der Waals surface area contributed by atoms with Crippen LogP contribution in [0.2, 0.25) is 0 Å². The Balaban J connectivity index is 1.80. The Morgan fingerprint density at radius 3 is 3.00 bits per heavy atom. The third-order valence-corrected chi connectivity index (χ3v) is 7.09. The van der Waals surface area contributed by atoms with Crippen molar-refractivity contribution in [2.24, 2.45) is 11.8 Å². The minimum absolute atomic E-state index is 0.00531. The van der Waals surface area contributed by atoms with Crippen LogP contribution in [0.15, 0.2) is 24.3 Å². The van der Waals surface area contributed by atoms with Crippen LogP contribution in [0.5, 0.6) is 0 Å². The lowest BCUT2D eigenvalue weighted by Gasteiger charge is -2.58. The summed E-state index contributed by atoms with van der Waals surface area (Å²) < 4.78 is 5.39. The van der Waals surface area contributed by atoms with Crippen molar-refractivity contribution in [3.8, 4) is 0 Å². The first-order chi connectivity index (χ1) is 12.6. The number of nitrogens with one attached hydrogen (secondary N) is 1.